The van der Waals surface area contributed by atoms with E-state index in [2.05, 4.69) is 47.0 Å². The first-order valence-electron chi connectivity index (χ1n) is 7.19. The molecule has 1 unspecified atom stereocenters. The van der Waals surface area contributed by atoms with Crippen molar-refractivity contribution >= 4 is 0 Å². The van der Waals surface area contributed by atoms with Gasteiger partial charge in [-0.05, 0) is 0 Å². The Balaban J connectivity index is 1.73. The van der Waals surface area contributed by atoms with Gasteiger partial charge in [-0.1, -0.05) is 44.2 Å². The molecule has 20 heavy (non-hydrogen) atoms. The Labute approximate surface area is 119 Å². The molecule has 4 nitrogen and oxygen atoms in total. The van der Waals surface area contributed by atoms with Crippen molar-refractivity contribution < 1.29 is 4.74 Å². The number of aromatic nitrogens is 2. The summed E-state index contributed by atoms with van der Waals surface area (Å²) in [4.78, 5) is 4.67. The van der Waals surface area contributed by atoms with Gasteiger partial charge in [0, 0.05) is 24.3 Å². The van der Waals surface area contributed by atoms with Gasteiger partial charge in [-0.25, -0.2) is 4.98 Å². The minimum absolute atomic E-state index is 0.225. The third kappa shape index (κ3) is 2.92. The summed E-state index contributed by atoms with van der Waals surface area (Å²) in [6.45, 7) is 6.65. The highest BCUT2D eigenvalue weighted by Crippen LogP contribution is 2.21. The maximum atomic E-state index is 5.86. The Morgan fingerprint density at radius 2 is 2.15 bits per heavy atom. The molecule has 2 heterocycles. The molecule has 1 aromatic heterocycles. The standard InChI is InChI=1S/C16H21N3O/c1-12(2)17-8-14-9-19-10-15(18-16(19)11-20-14)13-6-4-3-5-7-13/h3-7,10,12,14,17H,8-9,11H2,1-2H3. The molecule has 4 heteroatoms. The van der Waals surface area contributed by atoms with Crippen LogP contribution in [0.25, 0.3) is 11.3 Å². The lowest BCUT2D eigenvalue weighted by atomic mass is 10.2. The minimum atomic E-state index is 0.225. The van der Waals surface area contributed by atoms with Gasteiger partial charge in [-0.15, -0.1) is 0 Å². The monoisotopic (exact) mass is 271 g/mol. The van der Waals surface area contributed by atoms with Crippen LogP contribution in [0.5, 0.6) is 0 Å². The molecule has 0 amide bonds. The molecule has 106 valence electrons. The lowest BCUT2D eigenvalue weighted by molar-refractivity contribution is 0.00200. The van der Waals surface area contributed by atoms with E-state index in [-0.39, 0.29) is 6.10 Å². The van der Waals surface area contributed by atoms with Crippen LogP contribution in [-0.2, 0) is 17.9 Å². The predicted octanol–water partition coefficient (Wildman–Crippen LogP) is 2.45. The molecule has 1 aromatic carbocycles. The number of nitrogens with zero attached hydrogens (tertiary/aromatic N) is 2. The van der Waals surface area contributed by atoms with Gasteiger partial charge in [0.2, 0.25) is 0 Å². The molecule has 0 saturated carbocycles. The second-order valence-corrected chi connectivity index (χ2v) is 5.56. The highest BCUT2D eigenvalue weighted by atomic mass is 16.5. The maximum Gasteiger partial charge on any atom is 0.135 e. The molecule has 0 bridgehead atoms. The molecule has 0 aliphatic carbocycles. The fraction of sp³-hybridized carbons (Fsp3) is 0.438. The molecule has 1 N–H and O–H groups in total. The van der Waals surface area contributed by atoms with Crippen LogP contribution in [0, 0.1) is 0 Å². The van der Waals surface area contributed by atoms with E-state index in [0.29, 0.717) is 12.6 Å². The molecule has 0 radical (unpaired) electrons. The van der Waals surface area contributed by atoms with Crippen LogP contribution < -0.4 is 5.32 Å². The molecule has 1 aliphatic rings. The lowest BCUT2D eigenvalue weighted by Crippen LogP contribution is -2.38. The van der Waals surface area contributed by atoms with Gasteiger partial charge in [0.25, 0.3) is 0 Å². The Kier molecular flexibility index (Phi) is 3.85. The van der Waals surface area contributed by atoms with E-state index in [1.807, 2.05) is 18.2 Å². The largest absolute Gasteiger partial charge is 0.367 e. The SMILES string of the molecule is CC(C)NCC1Cn2cc(-c3ccccc3)nc2CO1. The average molecular weight is 271 g/mol. The molecule has 2 aromatic rings. The van der Waals surface area contributed by atoms with E-state index in [0.717, 1.165) is 30.2 Å². The van der Waals surface area contributed by atoms with Crippen molar-refractivity contribution in [1.82, 2.24) is 14.9 Å². The normalized spacial score (nSPS) is 18.2. The fourth-order valence-electron chi connectivity index (χ4n) is 2.43. The zero-order valence-corrected chi connectivity index (χ0v) is 12.0. The number of ether oxygens (including phenoxy) is 1. The topological polar surface area (TPSA) is 39.1 Å². The summed E-state index contributed by atoms with van der Waals surface area (Å²) in [6, 6.07) is 10.8. The number of rotatable bonds is 4. The van der Waals surface area contributed by atoms with Crippen molar-refractivity contribution in [2.45, 2.75) is 39.1 Å². The van der Waals surface area contributed by atoms with E-state index in [9.17, 15) is 0 Å². The maximum absolute atomic E-state index is 5.86. The van der Waals surface area contributed by atoms with E-state index in [4.69, 9.17) is 4.74 Å². The van der Waals surface area contributed by atoms with Gasteiger partial charge >= 0.3 is 0 Å². The van der Waals surface area contributed by atoms with E-state index >= 15 is 0 Å². The smallest absolute Gasteiger partial charge is 0.135 e. The number of hydrogen-bond donors (Lipinski definition) is 1. The van der Waals surface area contributed by atoms with Crippen molar-refractivity contribution in [2.75, 3.05) is 6.54 Å². The second-order valence-electron chi connectivity index (χ2n) is 5.56. The summed E-state index contributed by atoms with van der Waals surface area (Å²) < 4.78 is 8.08. The van der Waals surface area contributed by atoms with Crippen LogP contribution in [0.1, 0.15) is 19.7 Å². The number of benzene rings is 1. The molecule has 0 spiro atoms. The highest BCUT2D eigenvalue weighted by molar-refractivity contribution is 5.58. The number of fused-ring (bicyclic) bond motifs is 1. The fourth-order valence-corrected chi connectivity index (χ4v) is 2.43. The first-order chi connectivity index (χ1) is 9.72. The number of nitrogens with one attached hydrogen (secondary N) is 1. The molecular formula is C16H21N3O. The Morgan fingerprint density at radius 1 is 1.35 bits per heavy atom. The van der Waals surface area contributed by atoms with Crippen molar-refractivity contribution in [1.29, 1.82) is 0 Å². The Hall–Kier alpha value is -1.65. The van der Waals surface area contributed by atoms with Crippen LogP contribution in [0.3, 0.4) is 0 Å². The number of hydrogen-bond acceptors (Lipinski definition) is 3. The molecule has 3 rings (SSSR count). The first kappa shape index (κ1) is 13.3. The Morgan fingerprint density at radius 3 is 2.90 bits per heavy atom. The van der Waals surface area contributed by atoms with Crippen LogP contribution >= 0.6 is 0 Å². The zero-order valence-electron chi connectivity index (χ0n) is 12.0. The first-order valence-corrected chi connectivity index (χ1v) is 7.19. The molecule has 0 saturated heterocycles. The average Bonchev–Trinajstić information content (AvgIpc) is 2.89. The molecular weight excluding hydrogens is 250 g/mol. The predicted molar refractivity (Wildman–Crippen MR) is 79.4 cm³/mol. The summed E-state index contributed by atoms with van der Waals surface area (Å²) in [5.41, 5.74) is 2.19. The second kappa shape index (κ2) is 5.77. The van der Waals surface area contributed by atoms with Gasteiger partial charge in [0.15, 0.2) is 0 Å². The quantitative estimate of drug-likeness (QED) is 0.928. The Bertz CT molecular complexity index is 562. The lowest BCUT2D eigenvalue weighted by Gasteiger charge is -2.25. The summed E-state index contributed by atoms with van der Waals surface area (Å²) >= 11 is 0. The molecule has 1 aliphatic heterocycles. The highest BCUT2D eigenvalue weighted by Gasteiger charge is 2.21. The van der Waals surface area contributed by atoms with Crippen molar-refractivity contribution in [3.05, 3.63) is 42.4 Å². The van der Waals surface area contributed by atoms with Crippen LogP contribution in [-0.4, -0.2) is 28.2 Å². The van der Waals surface area contributed by atoms with Gasteiger partial charge < -0.3 is 14.6 Å². The zero-order chi connectivity index (χ0) is 13.9. The van der Waals surface area contributed by atoms with Crippen LogP contribution in [0.4, 0.5) is 0 Å². The number of imidazole rings is 1. The van der Waals surface area contributed by atoms with Crippen LogP contribution in [0.2, 0.25) is 0 Å². The van der Waals surface area contributed by atoms with Crippen molar-refractivity contribution in [3.63, 3.8) is 0 Å². The minimum Gasteiger partial charge on any atom is -0.367 e. The summed E-state index contributed by atoms with van der Waals surface area (Å²) in [5.74, 6) is 1.02. The van der Waals surface area contributed by atoms with Gasteiger partial charge in [0.05, 0.1) is 18.3 Å². The van der Waals surface area contributed by atoms with Gasteiger partial charge in [0.1, 0.15) is 12.4 Å². The van der Waals surface area contributed by atoms with E-state index in [1.54, 1.807) is 0 Å². The van der Waals surface area contributed by atoms with Crippen molar-refractivity contribution in [2.24, 2.45) is 0 Å². The van der Waals surface area contributed by atoms with E-state index < -0.39 is 0 Å². The van der Waals surface area contributed by atoms with Crippen LogP contribution in [0.15, 0.2) is 36.5 Å². The van der Waals surface area contributed by atoms with Gasteiger partial charge in [-0.2, -0.15) is 0 Å². The third-order valence-corrected chi connectivity index (χ3v) is 3.53. The summed E-state index contributed by atoms with van der Waals surface area (Å²) in [7, 11) is 0. The summed E-state index contributed by atoms with van der Waals surface area (Å²) in [5, 5.41) is 3.43. The summed E-state index contributed by atoms with van der Waals surface area (Å²) in [6.07, 6.45) is 2.36. The van der Waals surface area contributed by atoms with Crippen molar-refractivity contribution in [3.8, 4) is 11.3 Å². The van der Waals surface area contributed by atoms with Gasteiger partial charge in [-0.3, -0.25) is 0 Å². The third-order valence-electron chi connectivity index (χ3n) is 3.53. The molecule has 0 fully saturated rings. The van der Waals surface area contributed by atoms with E-state index in [1.165, 1.54) is 0 Å². The molecule has 1 atom stereocenters.